The standard InChI is InChI=1S/C10H10N2O2.C2H6/c1-6-5-12(2)9-8(6)3-7(4-11-9)10(13)14;1-2/h3-5H,1-2H3,(H,13,14);1-2H3. The van der Waals surface area contributed by atoms with Crippen LogP contribution in [0.15, 0.2) is 18.5 Å². The number of nitrogens with zero attached hydrogens (tertiary/aromatic N) is 2. The molecule has 0 atom stereocenters. The molecule has 0 aliphatic rings. The average molecular weight is 220 g/mol. The van der Waals surface area contributed by atoms with E-state index < -0.39 is 5.97 Å². The number of hydrogen-bond acceptors (Lipinski definition) is 2. The van der Waals surface area contributed by atoms with Gasteiger partial charge >= 0.3 is 5.97 Å². The molecule has 2 rings (SSSR count). The van der Waals surface area contributed by atoms with Gasteiger partial charge in [0.1, 0.15) is 5.65 Å². The summed E-state index contributed by atoms with van der Waals surface area (Å²) in [5, 5.41) is 9.69. The third-order valence-electron chi connectivity index (χ3n) is 2.26. The lowest BCUT2D eigenvalue weighted by atomic mass is 10.2. The van der Waals surface area contributed by atoms with Crippen LogP contribution in [0, 0.1) is 6.92 Å². The van der Waals surface area contributed by atoms with Crippen LogP contribution in [0.5, 0.6) is 0 Å². The van der Waals surface area contributed by atoms with Crippen LogP contribution in [0.2, 0.25) is 0 Å². The van der Waals surface area contributed by atoms with Gasteiger partial charge in [-0.1, -0.05) is 13.8 Å². The Morgan fingerprint density at radius 2 is 2.06 bits per heavy atom. The van der Waals surface area contributed by atoms with E-state index in [0.29, 0.717) is 0 Å². The lowest BCUT2D eigenvalue weighted by Gasteiger charge is -1.96. The van der Waals surface area contributed by atoms with E-state index in [0.717, 1.165) is 16.6 Å². The molecule has 2 aromatic rings. The van der Waals surface area contributed by atoms with Crippen LogP contribution in [0.4, 0.5) is 0 Å². The van der Waals surface area contributed by atoms with Crippen molar-refractivity contribution in [2.75, 3.05) is 0 Å². The Morgan fingerprint density at radius 3 is 2.62 bits per heavy atom. The van der Waals surface area contributed by atoms with Gasteiger partial charge in [-0.3, -0.25) is 0 Å². The van der Waals surface area contributed by atoms with Crippen LogP contribution in [-0.4, -0.2) is 20.6 Å². The number of carboxylic acids is 1. The zero-order valence-corrected chi connectivity index (χ0v) is 9.98. The molecule has 4 heteroatoms. The van der Waals surface area contributed by atoms with Crippen molar-refractivity contribution in [2.24, 2.45) is 7.05 Å². The summed E-state index contributed by atoms with van der Waals surface area (Å²) < 4.78 is 1.89. The Bertz CT molecular complexity index is 515. The molecule has 0 fully saturated rings. The first-order chi connectivity index (χ1) is 7.59. The Labute approximate surface area is 94.5 Å². The summed E-state index contributed by atoms with van der Waals surface area (Å²) in [5.74, 6) is -0.942. The monoisotopic (exact) mass is 220 g/mol. The van der Waals surface area contributed by atoms with Crippen LogP contribution in [0.3, 0.4) is 0 Å². The van der Waals surface area contributed by atoms with Gasteiger partial charge in [0.15, 0.2) is 0 Å². The highest BCUT2D eigenvalue weighted by molar-refractivity contribution is 5.92. The van der Waals surface area contributed by atoms with Crippen LogP contribution in [0.1, 0.15) is 29.8 Å². The molecule has 0 amide bonds. The number of hydrogen-bond donors (Lipinski definition) is 1. The van der Waals surface area contributed by atoms with Gasteiger partial charge in [0, 0.05) is 24.8 Å². The Morgan fingerprint density at radius 1 is 1.44 bits per heavy atom. The highest BCUT2D eigenvalue weighted by Crippen LogP contribution is 2.18. The fourth-order valence-corrected chi connectivity index (χ4v) is 1.57. The van der Waals surface area contributed by atoms with Gasteiger partial charge < -0.3 is 9.67 Å². The summed E-state index contributed by atoms with van der Waals surface area (Å²) in [5.41, 5.74) is 2.08. The smallest absolute Gasteiger partial charge is 0.337 e. The molecule has 0 aliphatic heterocycles. The van der Waals surface area contributed by atoms with Crippen molar-refractivity contribution < 1.29 is 9.90 Å². The molecule has 0 saturated heterocycles. The fourth-order valence-electron chi connectivity index (χ4n) is 1.57. The predicted molar refractivity (Wildman–Crippen MR) is 63.8 cm³/mol. The van der Waals surface area contributed by atoms with E-state index in [-0.39, 0.29) is 5.56 Å². The van der Waals surface area contributed by atoms with Crippen molar-refractivity contribution in [3.8, 4) is 0 Å². The van der Waals surface area contributed by atoms with Crippen LogP contribution < -0.4 is 0 Å². The molecule has 0 bridgehead atoms. The van der Waals surface area contributed by atoms with Crippen molar-refractivity contribution in [1.82, 2.24) is 9.55 Å². The van der Waals surface area contributed by atoms with Crippen LogP contribution >= 0.6 is 0 Å². The van der Waals surface area contributed by atoms with E-state index in [2.05, 4.69) is 4.98 Å². The minimum atomic E-state index is -0.942. The Hall–Kier alpha value is -1.84. The molecule has 0 aromatic carbocycles. The zero-order chi connectivity index (χ0) is 12.3. The molecule has 2 aromatic heterocycles. The molecule has 0 spiro atoms. The van der Waals surface area contributed by atoms with Gasteiger partial charge in [-0.15, -0.1) is 0 Å². The molecule has 0 aliphatic carbocycles. The van der Waals surface area contributed by atoms with E-state index in [4.69, 9.17) is 5.11 Å². The maximum Gasteiger partial charge on any atom is 0.337 e. The van der Waals surface area contributed by atoms with Crippen molar-refractivity contribution in [3.63, 3.8) is 0 Å². The molecule has 4 nitrogen and oxygen atoms in total. The fraction of sp³-hybridized carbons (Fsp3) is 0.333. The minimum absolute atomic E-state index is 0.229. The van der Waals surface area contributed by atoms with E-state index in [1.165, 1.54) is 6.20 Å². The molecular formula is C12H16N2O2. The molecule has 16 heavy (non-hydrogen) atoms. The van der Waals surface area contributed by atoms with Crippen molar-refractivity contribution >= 4 is 17.0 Å². The summed E-state index contributed by atoms with van der Waals surface area (Å²) in [6.45, 7) is 5.94. The first-order valence-electron chi connectivity index (χ1n) is 5.24. The highest BCUT2D eigenvalue weighted by Gasteiger charge is 2.08. The second-order valence-electron chi connectivity index (χ2n) is 3.32. The van der Waals surface area contributed by atoms with Crippen LogP contribution in [-0.2, 0) is 7.05 Å². The number of pyridine rings is 1. The minimum Gasteiger partial charge on any atom is -0.478 e. The molecular weight excluding hydrogens is 204 g/mol. The average Bonchev–Trinajstić information content (AvgIpc) is 2.57. The van der Waals surface area contributed by atoms with Gasteiger partial charge in [-0.2, -0.15) is 0 Å². The first kappa shape index (κ1) is 12.2. The number of aromatic nitrogens is 2. The number of carboxylic acid groups (broad SMARTS) is 1. The largest absolute Gasteiger partial charge is 0.478 e. The van der Waals surface area contributed by atoms with Gasteiger partial charge in [-0.25, -0.2) is 9.78 Å². The Kier molecular flexibility index (Phi) is 3.66. The zero-order valence-electron chi connectivity index (χ0n) is 9.98. The summed E-state index contributed by atoms with van der Waals surface area (Å²) in [4.78, 5) is 14.8. The summed E-state index contributed by atoms with van der Waals surface area (Å²) >= 11 is 0. The normalized spacial score (nSPS) is 9.75. The van der Waals surface area contributed by atoms with E-state index in [1.54, 1.807) is 6.07 Å². The molecule has 0 radical (unpaired) electrons. The summed E-state index contributed by atoms with van der Waals surface area (Å²) in [7, 11) is 1.89. The summed E-state index contributed by atoms with van der Waals surface area (Å²) in [6.07, 6.45) is 3.31. The molecule has 86 valence electrons. The predicted octanol–water partition coefficient (Wildman–Crippen LogP) is 2.61. The maximum atomic E-state index is 10.7. The Balaban J connectivity index is 0.000000606. The second kappa shape index (κ2) is 4.79. The molecule has 0 saturated carbocycles. The summed E-state index contributed by atoms with van der Waals surface area (Å²) in [6, 6.07) is 1.65. The lowest BCUT2D eigenvalue weighted by molar-refractivity contribution is 0.0696. The molecule has 2 heterocycles. The van der Waals surface area contributed by atoms with Gasteiger partial charge in [0.05, 0.1) is 5.56 Å². The van der Waals surface area contributed by atoms with Crippen molar-refractivity contribution in [3.05, 3.63) is 29.6 Å². The number of fused-ring (bicyclic) bond motifs is 1. The van der Waals surface area contributed by atoms with Gasteiger partial charge in [0.25, 0.3) is 0 Å². The number of aryl methyl sites for hydroxylation is 2. The first-order valence-corrected chi connectivity index (χ1v) is 5.24. The number of carbonyl (C=O) groups is 1. The molecule has 0 unspecified atom stereocenters. The lowest BCUT2D eigenvalue weighted by Crippen LogP contribution is -1.97. The highest BCUT2D eigenvalue weighted by atomic mass is 16.4. The van der Waals surface area contributed by atoms with E-state index in [1.807, 2.05) is 38.6 Å². The van der Waals surface area contributed by atoms with Gasteiger partial charge in [-0.05, 0) is 18.6 Å². The van der Waals surface area contributed by atoms with E-state index >= 15 is 0 Å². The SMILES string of the molecule is CC.Cc1cn(C)c2ncc(C(=O)O)cc12. The third-order valence-corrected chi connectivity index (χ3v) is 2.26. The number of rotatable bonds is 1. The third kappa shape index (κ3) is 2.05. The van der Waals surface area contributed by atoms with Gasteiger partial charge in [0.2, 0.25) is 0 Å². The maximum absolute atomic E-state index is 10.7. The topological polar surface area (TPSA) is 55.1 Å². The van der Waals surface area contributed by atoms with Crippen LogP contribution in [0.25, 0.3) is 11.0 Å². The molecule has 1 N–H and O–H groups in total. The number of aromatic carboxylic acids is 1. The van der Waals surface area contributed by atoms with Crippen molar-refractivity contribution in [1.29, 1.82) is 0 Å². The quantitative estimate of drug-likeness (QED) is 0.803. The van der Waals surface area contributed by atoms with E-state index in [9.17, 15) is 4.79 Å². The second-order valence-corrected chi connectivity index (χ2v) is 3.32. The van der Waals surface area contributed by atoms with Crippen molar-refractivity contribution in [2.45, 2.75) is 20.8 Å².